The summed E-state index contributed by atoms with van der Waals surface area (Å²) in [7, 11) is 0. The van der Waals surface area contributed by atoms with Crippen LogP contribution in [0.25, 0.3) is 6.08 Å². The third-order valence-corrected chi connectivity index (χ3v) is 4.36. The number of nitriles is 1. The van der Waals surface area contributed by atoms with Gasteiger partial charge in [-0.2, -0.15) is 5.26 Å². The van der Waals surface area contributed by atoms with Crippen molar-refractivity contribution in [2.45, 2.75) is 13.5 Å². The molecule has 0 radical (unpaired) electrons. The smallest absolute Gasteiger partial charge is 0.328 e. The van der Waals surface area contributed by atoms with Crippen molar-refractivity contribution in [3.63, 3.8) is 0 Å². The molecule has 7 heteroatoms. The van der Waals surface area contributed by atoms with Crippen LogP contribution in [-0.4, -0.2) is 16.1 Å². The number of benzene rings is 2. The lowest BCUT2D eigenvalue weighted by molar-refractivity contribution is -0.131. The fraction of sp³-hybridized carbons (Fsp3) is 0.0870. The van der Waals surface area contributed by atoms with Crippen molar-refractivity contribution in [3.8, 4) is 23.4 Å². The van der Waals surface area contributed by atoms with Gasteiger partial charge in [0.2, 0.25) is 5.88 Å². The van der Waals surface area contributed by atoms with E-state index in [4.69, 9.17) is 31.4 Å². The van der Waals surface area contributed by atoms with Crippen LogP contribution >= 0.6 is 11.6 Å². The summed E-state index contributed by atoms with van der Waals surface area (Å²) in [5, 5.41) is 17.9. The molecule has 0 spiro atoms. The number of rotatable bonds is 7. The molecular formula is C23H17ClN2O4. The molecule has 30 heavy (non-hydrogen) atoms. The predicted octanol–water partition coefficient (Wildman–Crippen LogP) is 5.38. The van der Waals surface area contributed by atoms with Gasteiger partial charge in [0.1, 0.15) is 12.4 Å². The summed E-state index contributed by atoms with van der Waals surface area (Å²) in [6, 6.07) is 16.0. The van der Waals surface area contributed by atoms with Gasteiger partial charge in [-0.1, -0.05) is 23.7 Å². The van der Waals surface area contributed by atoms with E-state index in [2.05, 4.69) is 11.1 Å². The van der Waals surface area contributed by atoms with Crippen molar-refractivity contribution in [1.82, 2.24) is 4.98 Å². The minimum absolute atomic E-state index is 0.347. The van der Waals surface area contributed by atoms with E-state index < -0.39 is 5.97 Å². The second-order valence-corrected chi connectivity index (χ2v) is 6.76. The number of aromatic nitrogens is 1. The van der Waals surface area contributed by atoms with Crippen LogP contribution < -0.4 is 9.47 Å². The molecule has 1 heterocycles. The first-order valence-electron chi connectivity index (χ1n) is 8.91. The third-order valence-electron chi connectivity index (χ3n) is 4.07. The van der Waals surface area contributed by atoms with E-state index in [1.54, 1.807) is 42.6 Å². The maximum atomic E-state index is 10.7. The highest BCUT2D eigenvalue weighted by atomic mass is 35.5. The summed E-state index contributed by atoms with van der Waals surface area (Å²) in [5.41, 5.74) is 2.94. The lowest BCUT2D eigenvalue weighted by Crippen LogP contribution is -1.97. The van der Waals surface area contributed by atoms with Crippen LogP contribution in [0.15, 0.2) is 60.8 Å². The second-order valence-electron chi connectivity index (χ2n) is 6.35. The van der Waals surface area contributed by atoms with Gasteiger partial charge in [-0.05, 0) is 60.0 Å². The number of carboxylic acid groups (broad SMARTS) is 1. The highest BCUT2D eigenvalue weighted by molar-refractivity contribution is 6.32. The SMILES string of the molecule is Cc1cc(C=CC(=O)O)cc(Cl)c1Oc1ccc(OCc2ccc(C#N)cc2)cn1. The van der Waals surface area contributed by atoms with Crippen LogP contribution in [0.4, 0.5) is 0 Å². The first kappa shape index (κ1) is 20.9. The summed E-state index contributed by atoms with van der Waals surface area (Å²) >= 11 is 6.29. The number of hydrogen-bond acceptors (Lipinski definition) is 5. The molecule has 2 aromatic carbocycles. The first-order chi connectivity index (χ1) is 14.4. The fourth-order valence-corrected chi connectivity index (χ4v) is 2.92. The van der Waals surface area contributed by atoms with Gasteiger partial charge in [-0.25, -0.2) is 9.78 Å². The van der Waals surface area contributed by atoms with Crippen molar-refractivity contribution in [2.24, 2.45) is 0 Å². The van der Waals surface area contributed by atoms with Crippen molar-refractivity contribution in [2.75, 3.05) is 0 Å². The number of aryl methyl sites for hydroxylation is 1. The van der Waals surface area contributed by atoms with Gasteiger partial charge in [0.15, 0.2) is 5.75 Å². The number of aliphatic carboxylic acids is 1. The molecule has 0 saturated carbocycles. The Hall–Kier alpha value is -3.82. The first-order valence-corrected chi connectivity index (χ1v) is 9.29. The molecule has 3 aromatic rings. The summed E-state index contributed by atoms with van der Waals surface area (Å²) in [6.07, 6.45) is 4.05. The van der Waals surface area contributed by atoms with Gasteiger partial charge in [0.25, 0.3) is 0 Å². The topological polar surface area (TPSA) is 92.4 Å². The molecule has 1 aromatic heterocycles. The number of hydrogen-bond donors (Lipinski definition) is 1. The number of ether oxygens (including phenoxy) is 2. The van der Waals surface area contributed by atoms with Crippen LogP contribution in [-0.2, 0) is 11.4 Å². The minimum Gasteiger partial charge on any atom is -0.487 e. The van der Waals surface area contributed by atoms with Gasteiger partial charge in [0.05, 0.1) is 22.9 Å². The summed E-state index contributed by atoms with van der Waals surface area (Å²) in [5.74, 6) is 0.334. The zero-order chi connectivity index (χ0) is 21.5. The Labute approximate surface area is 178 Å². The third kappa shape index (κ3) is 5.60. The normalized spacial score (nSPS) is 10.6. The van der Waals surface area contributed by atoms with Crippen molar-refractivity contribution >= 4 is 23.6 Å². The lowest BCUT2D eigenvalue weighted by atomic mass is 10.1. The Bertz CT molecular complexity index is 1090. The van der Waals surface area contributed by atoms with Crippen LogP contribution in [0.5, 0.6) is 17.4 Å². The predicted molar refractivity (Wildman–Crippen MR) is 113 cm³/mol. The molecular weight excluding hydrogens is 404 g/mol. The summed E-state index contributed by atoms with van der Waals surface area (Å²) < 4.78 is 11.5. The molecule has 0 aliphatic rings. The molecule has 3 rings (SSSR count). The average molecular weight is 421 g/mol. The number of carbonyl (C=O) groups is 1. The molecule has 0 unspecified atom stereocenters. The number of pyridine rings is 1. The van der Waals surface area contributed by atoms with Crippen molar-refractivity contribution < 1.29 is 19.4 Å². The zero-order valence-electron chi connectivity index (χ0n) is 16.0. The van der Waals surface area contributed by atoms with Crippen LogP contribution in [0.2, 0.25) is 5.02 Å². The van der Waals surface area contributed by atoms with Gasteiger partial charge >= 0.3 is 5.97 Å². The lowest BCUT2D eigenvalue weighted by Gasteiger charge is -2.12. The van der Waals surface area contributed by atoms with Crippen molar-refractivity contribution in [1.29, 1.82) is 5.26 Å². The van der Waals surface area contributed by atoms with Gasteiger partial charge < -0.3 is 14.6 Å². The largest absolute Gasteiger partial charge is 0.487 e. The molecule has 0 saturated heterocycles. The van der Waals surface area contributed by atoms with E-state index in [1.807, 2.05) is 19.1 Å². The fourth-order valence-electron chi connectivity index (χ4n) is 2.61. The van der Waals surface area contributed by atoms with Gasteiger partial charge in [-0.3, -0.25) is 0 Å². The van der Waals surface area contributed by atoms with E-state index in [-0.39, 0.29) is 0 Å². The van der Waals surface area contributed by atoms with E-state index in [0.29, 0.717) is 40.1 Å². The number of nitrogens with zero attached hydrogens (tertiary/aromatic N) is 2. The Morgan fingerprint density at radius 3 is 2.60 bits per heavy atom. The zero-order valence-corrected chi connectivity index (χ0v) is 16.8. The van der Waals surface area contributed by atoms with Crippen LogP contribution in [0.3, 0.4) is 0 Å². The maximum absolute atomic E-state index is 10.7. The summed E-state index contributed by atoms with van der Waals surface area (Å²) in [6.45, 7) is 2.16. The number of halogens is 1. The highest BCUT2D eigenvalue weighted by Gasteiger charge is 2.10. The van der Waals surface area contributed by atoms with E-state index >= 15 is 0 Å². The quantitative estimate of drug-likeness (QED) is 0.515. The molecule has 0 atom stereocenters. The molecule has 0 amide bonds. The molecule has 150 valence electrons. The van der Waals surface area contributed by atoms with E-state index in [0.717, 1.165) is 17.2 Å². The van der Waals surface area contributed by atoms with E-state index in [9.17, 15) is 4.79 Å². The molecule has 6 nitrogen and oxygen atoms in total. The maximum Gasteiger partial charge on any atom is 0.328 e. The monoisotopic (exact) mass is 420 g/mol. The molecule has 0 fully saturated rings. The van der Waals surface area contributed by atoms with E-state index in [1.165, 1.54) is 6.08 Å². The minimum atomic E-state index is -1.03. The standard InChI is InChI=1S/C23H17ClN2O4/c1-15-10-18(6-9-22(27)28)11-20(24)23(15)30-21-8-7-19(13-26-21)29-14-17-4-2-16(12-25)3-5-17/h2-11,13H,14H2,1H3,(H,27,28). The highest BCUT2D eigenvalue weighted by Crippen LogP contribution is 2.34. The summed E-state index contributed by atoms with van der Waals surface area (Å²) in [4.78, 5) is 14.9. The van der Waals surface area contributed by atoms with Gasteiger partial charge in [0, 0.05) is 12.1 Å². The second kappa shape index (κ2) is 9.59. The Morgan fingerprint density at radius 2 is 2.00 bits per heavy atom. The van der Waals surface area contributed by atoms with Crippen molar-refractivity contribution in [3.05, 3.63) is 88.1 Å². The molecule has 0 aliphatic heterocycles. The average Bonchev–Trinajstić information content (AvgIpc) is 2.74. The van der Waals surface area contributed by atoms with Crippen LogP contribution in [0.1, 0.15) is 22.3 Å². The number of carboxylic acids is 1. The Kier molecular flexibility index (Phi) is 6.68. The molecule has 1 N–H and O–H groups in total. The Morgan fingerprint density at radius 1 is 1.23 bits per heavy atom. The van der Waals surface area contributed by atoms with Crippen LogP contribution in [0, 0.1) is 18.3 Å². The molecule has 0 bridgehead atoms. The Balaban J connectivity index is 1.65. The molecule has 0 aliphatic carbocycles. The van der Waals surface area contributed by atoms with Gasteiger partial charge in [-0.15, -0.1) is 0 Å².